The molecule has 230 valence electrons. The molecule has 2 aromatic rings. The summed E-state index contributed by atoms with van der Waals surface area (Å²) in [6.45, 7) is -1.15. The maximum absolute atomic E-state index is 13.1. The van der Waals surface area contributed by atoms with Crippen LogP contribution in [0.1, 0.15) is 11.3 Å². The SMILES string of the molecule is COC(=O)[C@H]1[C@@H](NC(=O)C(=NOCC(=O)OCc2ccc([N+](=O)[O-])cc2)c2csc(NC(=O)CCl)n2)C(=O)N1S(=O)(=O)[O-].[Na+]. The van der Waals surface area contributed by atoms with Crippen molar-refractivity contribution in [2.75, 3.05) is 24.9 Å². The number of nitrogens with one attached hydrogen (secondary N) is 2. The minimum Gasteiger partial charge on any atom is -0.731 e. The quantitative estimate of drug-likeness (QED) is 0.0298. The predicted octanol–water partition coefficient (Wildman–Crippen LogP) is -3.97. The number of aromatic nitrogens is 1. The van der Waals surface area contributed by atoms with Crippen LogP contribution in [0.4, 0.5) is 10.8 Å². The number of amides is 3. The molecule has 1 saturated heterocycles. The van der Waals surface area contributed by atoms with Crippen molar-refractivity contribution < 1.29 is 85.7 Å². The number of rotatable bonds is 13. The number of oxime groups is 1. The zero-order valence-electron chi connectivity index (χ0n) is 22.5. The number of halogens is 1. The van der Waals surface area contributed by atoms with E-state index >= 15 is 0 Å². The molecule has 2 atom stereocenters. The molecule has 0 unspecified atom stereocenters. The van der Waals surface area contributed by atoms with E-state index in [-0.39, 0.29) is 57.0 Å². The maximum Gasteiger partial charge on any atom is 1.00 e. The third kappa shape index (κ3) is 9.14. The van der Waals surface area contributed by atoms with Crippen molar-refractivity contribution in [2.24, 2.45) is 5.16 Å². The topological polar surface area (TPSA) is 266 Å². The summed E-state index contributed by atoms with van der Waals surface area (Å²) >= 11 is 6.26. The molecule has 0 spiro atoms. The summed E-state index contributed by atoms with van der Waals surface area (Å²) < 4.78 is 43.3. The molecule has 0 saturated carbocycles. The van der Waals surface area contributed by atoms with E-state index in [4.69, 9.17) is 21.2 Å². The largest absolute Gasteiger partial charge is 1.00 e. The van der Waals surface area contributed by atoms with Gasteiger partial charge in [-0.25, -0.2) is 27.3 Å². The second kappa shape index (κ2) is 15.8. The molecule has 2 heterocycles. The first-order valence-corrected chi connectivity index (χ1v) is 14.1. The van der Waals surface area contributed by atoms with Crippen LogP contribution in [0.3, 0.4) is 0 Å². The minimum atomic E-state index is -5.44. The Hall–Kier alpha value is -3.73. The number of carbonyl (C=O) groups excluding carboxylic acids is 5. The molecule has 2 N–H and O–H groups in total. The van der Waals surface area contributed by atoms with Gasteiger partial charge in [-0.3, -0.25) is 24.5 Å². The normalized spacial score (nSPS) is 16.1. The van der Waals surface area contributed by atoms with Crippen LogP contribution in [0, 0.1) is 10.1 Å². The Morgan fingerprint density at radius 2 is 1.89 bits per heavy atom. The zero-order valence-corrected chi connectivity index (χ0v) is 26.8. The number of hydrogen-bond donors (Lipinski definition) is 2. The van der Waals surface area contributed by atoms with Gasteiger partial charge in [0.25, 0.3) is 17.5 Å². The Bertz CT molecular complexity index is 1580. The average Bonchev–Trinajstić information content (AvgIpc) is 3.42. The first-order valence-electron chi connectivity index (χ1n) is 11.3. The number of β-lactam (4-membered cyclic amide) rings is 1. The number of thiazole rings is 1. The van der Waals surface area contributed by atoms with Gasteiger partial charge >= 0.3 is 41.5 Å². The van der Waals surface area contributed by atoms with Crippen molar-refractivity contribution in [2.45, 2.75) is 18.7 Å². The Kier molecular flexibility index (Phi) is 13.1. The molecule has 44 heavy (non-hydrogen) atoms. The fraction of sp³-hybridized carbons (Fsp3) is 0.286. The summed E-state index contributed by atoms with van der Waals surface area (Å²) in [5.74, 6) is -6.07. The van der Waals surface area contributed by atoms with Crippen molar-refractivity contribution in [3.05, 3.63) is 51.0 Å². The van der Waals surface area contributed by atoms with Gasteiger partial charge in [-0.15, -0.1) is 22.9 Å². The Morgan fingerprint density at radius 3 is 2.45 bits per heavy atom. The Balaban J connectivity index is 0.00000675. The number of non-ortho nitro benzene ring substituents is 1. The molecule has 19 nitrogen and oxygen atoms in total. The van der Waals surface area contributed by atoms with Gasteiger partial charge in [0.2, 0.25) is 12.5 Å². The van der Waals surface area contributed by atoms with Crippen LogP contribution in [-0.2, 0) is 55.2 Å². The van der Waals surface area contributed by atoms with Gasteiger partial charge in [0, 0.05) is 17.5 Å². The van der Waals surface area contributed by atoms with Crippen LogP contribution >= 0.6 is 22.9 Å². The van der Waals surface area contributed by atoms with Gasteiger partial charge in [-0.2, -0.15) is 0 Å². The molecular weight excluding hydrogens is 667 g/mol. The van der Waals surface area contributed by atoms with Gasteiger partial charge < -0.3 is 29.5 Å². The van der Waals surface area contributed by atoms with Crippen molar-refractivity contribution in [3.8, 4) is 0 Å². The van der Waals surface area contributed by atoms with Gasteiger partial charge in [-0.1, -0.05) is 5.16 Å². The first-order chi connectivity index (χ1) is 20.3. The summed E-state index contributed by atoms with van der Waals surface area (Å²) in [5, 5.41) is 19.8. The number of hydrogen-bond acceptors (Lipinski definition) is 16. The number of anilines is 1. The number of ether oxygens (including phenoxy) is 2. The zero-order chi connectivity index (χ0) is 31.9. The third-order valence-electron chi connectivity index (χ3n) is 5.24. The van der Waals surface area contributed by atoms with Crippen LogP contribution in [0.15, 0.2) is 34.8 Å². The number of alkyl halides is 1. The molecule has 0 radical (unpaired) electrons. The molecule has 3 rings (SSSR count). The van der Waals surface area contributed by atoms with Crippen LogP contribution < -0.4 is 40.2 Å². The number of methoxy groups -OCH3 is 1. The third-order valence-corrected chi connectivity index (χ3v) is 7.13. The first kappa shape index (κ1) is 36.5. The second-order valence-electron chi connectivity index (χ2n) is 8.03. The van der Waals surface area contributed by atoms with E-state index in [1.165, 1.54) is 29.6 Å². The molecule has 0 bridgehead atoms. The monoisotopic (exact) mass is 684 g/mol. The maximum atomic E-state index is 13.1. The number of carbonyl (C=O) groups is 5. The molecule has 1 aliphatic rings. The molecule has 1 aliphatic heterocycles. The van der Waals surface area contributed by atoms with E-state index in [0.717, 1.165) is 18.4 Å². The molecular formula is C21H18ClN6NaO13S2. The fourth-order valence-corrected chi connectivity index (χ4v) is 4.88. The smallest absolute Gasteiger partial charge is 0.731 e. The predicted molar refractivity (Wildman–Crippen MR) is 141 cm³/mol. The van der Waals surface area contributed by atoms with Gasteiger partial charge in [-0.05, 0) is 17.7 Å². The molecule has 1 aromatic heterocycles. The molecule has 1 fully saturated rings. The summed E-state index contributed by atoms with van der Waals surface area (Å²) in [4.78, 5) is 80.1. The fourth-order valence-electron chi connectivity index (χ4n) is 3.28. The molecule has 0 aliphatic carbocycles. The summed E-state index contributed by atoms with van der Waals surface area (Å²) in [5.41, 5.74) is -0.724. The van der Waals surface area contributed by atoms with Crippen LogP contribution in [0.25, 0.3) is 0 Å². The van der Waals surface area contributed by atoms with Crippen molar-refractivity contribution in [1.82, 2.24) is 14.6 Å². The van der Waals surface area contributed by atoms with E-state index in [0.29, 0.717) is 5.56 Å². The second-order valence-corrected chi connectivity index (χ2v) is 10.4. The summed E-state index contributed by atoms with van der Waals surface area (Å²) in [7, 11) is -4.59. The van der Waals surface area contributed by atoms with E-state index in [1.54, 1.807) is 0 Å². The minimum absolute atomic E-state index is 0. The van der Waals surface area contributed by atoms with Crippen molar-refractivity contribution in [3.63, 3.8) is 0 Å². The number of nitro benzene ring substituents is 1. The van der Waals surface area contributed by atoms with Crippen molar-refractivity contribution in [1.29, 1.82) is 0 Å². The van der Waals surface area contributed by atoms with E-state index in [2.05, 4.69) is 20.2 Å². The number of nitro groups is 1. The van der Waals surface area contributed by atoms with E-state index < -0.39 is 75.2 Å². The van der Waals surface area contributed by atoms with E-state index in [1.807, 2.05) is 5.32 Å². The van der Waals surface area contributed by atoms with Gasteiger partial charge in [0.05, 0.1) is 12.0 Å². The summed E-state index contributed by atoms with van der Waals surface area (Å²) in [6, 6.07) is 1.24. The van der Waals surface area contributed by atoms with Crippen molar-refractivity contribution >= 4 is 79.4 Å². The molecule has 3 amide bonds. The van der Waals surface area contributed by atoms with Crippen LogP contribution in [0.2, 0.25) is 0 Å². The Labute approximate surface area is 278 Å². The number of nitrogens with zero attached hydrogens (tertiary/aromatic N) is 4. The van der Waals surface area contributed by atoms with Gasteiger partial charge in [0.15, 0.2) is 27.2 Å². The summed E-state index contributed by atoms with van der Waals surface area (Å²) in [6.07, 6.45) is 0. The number of benzene rings is 1. The van der Waals surface area contributed by atoms with Crippen LogP contribution in [0.5, 0.6) is 0 Å². The van der Waals surface area contributed by atoms with Crippen LogP contribution in [-0.4, -0.2) is 94.2 Å². The van der Waals surface area contributed by atoms with Gasteiger partial charge in [0.1, 0.15) is 24.2 Å². The average molecular weight is 685 g/mol. The standard InChI is InChI=1S/C21H19ClN6O13S2.Na/c1-39-20(33)17-16(19(32)27(17)43(36,37)38)25-18(31)15(12-9-42-21(23-12)24-13(29)6-22)26-41-8-14(30)40-7-10-2-4-11(5-3-10)28(34)35;/h2-5,9,16-17H,6-8H2,1H3,(H,25,31)(H,23,24,29)(H,36,37,38);/q;+1/p-1/t16-,17-;/m1./s1. The van der Waals surface area contributed by atoms with E-state index in [9.17, 15) is 47.1 Å². The Morgan fingerprint density at radius 1 is 1.23 bits per heavy atom. The molecule has 23 heteroatoms. The number of esters is 2. The molecule has 1 aromatic carbocycles.